The highest BCUT2D eigenvalue weighted by Gasteiger charge is 2.33. The van der Waals surface area contributed by atoms with Gasteiger partial charge in [0, 0.05) is 18.6 Å². The fraction of sp³-hybridized carbons (Fsp3) is 0.909. The Labute approximate surface area is 95.8 Å². The summed E-state index contributed by atoms with van der Waals surface area (Å²) in [4.78, 5) is 11.4. The van der Waals surface area contributed by atoms with Crippen molar-refractivity contribution >= 4 is 6.09 Å². The van der Waals surface area contributed by atoms with E-state index in [-0.39, 0.29) is 18.6 Å². The minimum Gasteiger partial charge on any atom is -0.444 e. The van der Waals surface area contributed by atoms with E-state index in [0.717, 1.165) is 0 Å². The summed E-state index contributed by atoms with van der Waals surface area (Å²) in [6.07, 6.45) is 0.0645. The molecule has 0 saturated heterocycles. The number of aliphatic hydroxyl groups excluding tert-OH is 2. The van der Waals surface area contributed by atoms with E-state index in [2.05, 4.69) is 5.32 Å². The number of rotatable bonds is 2. The maximum atomic E-state index is 11.4. The molecule has 3 atom stereocenters. The van der Waals surface area contributed by atoms with Gasteiger partial charge in [-0.15, -0.1) is 0 Å². The third-order valence-electron chi connectivity index (χ3n) is 2.61. The number of hydrogen-bond acceptors (Lipinski definition) is 4. The molecule has 1 rings (SSSR count). The Kier molecular flexibility index (Phi) is 4.15. The lowest BCUT2D eigenvalue weighted by molar-refractivity contribution is 0.0502. The quantitative estimate of drug-likeness (QED) is 0.651. The van der Waals surface area contributed by atoms with Gasteiger partial charge in [0.1, 0.15) is 5.60 Å². The standard InChI is InChI=1S/C11H21NO4/c1-11(2,3)16-10(15)12-8-4-7(6-13)9(14)5-8/h7-9,13-14H,4-6H2,1-3H3,(H,12,15)/t7-,8-,9+/m0/s1. The van der Waals surface area contributed by atoms with Crippen LogP contribution in [0.4, 0.5) is 4.79 Å². The van der Waals surface area contributed by atoms with Gasteiger partial charge in [0.2, 0.25) is 0 Å². The zero-order chi connectivity index (χ0) is 12.3. The molecule has 0 heterocycles. The smallest absolute Gasteiger partial charge is 0.407 e. The molecule has 16 heavy (non-hydrogen) atoms. The molecule has 0 aromatic rings. The number of hydrogen-bond donors (Lipinski definition) is 3. The molecule has 94 valence electrons. The molecule has 0 radical (unpaired) electrons. The number of carbonyl (C=O) groups is 1. The molecular weight excluding hydrogens is 210 g/mol. The Hall–Kier alpha value is -0.810. The van der Waals surface area contributed by atoms with Gasteiger partial charge in [-0.3, -0.25) is 0 Å². The van der Waals surface area contributed by atoms with Crippen LogP contribution in [0.5, 0.6) is 0 Å². The van der Waals surface area contributed by atoms with Gasteiger partial charge in [0.05, 0.1) is 6.10 Å². The van der Waals surface area contributed by atoms with E-state index in [9.17, 15) is 9.90 Å². The summed E-state index contributed by atoms with van der Waals surface area (Å²) in [5.74, 6) is -0.139. The maximum Gasteiger partial charge on any atom is 0.407 e. The lowest BCUT2D eigenvalue weighted by Crippen LogP contribution is -2.38. The van der Waals surface area contributed by atoms with Gasteiger partial charge in [-0.25, -0.2) is 4.79 Å². The van der Waals surface area contributed by atoms with E-state index in [1.165, 1.54) is 0 Å². The van der Waals surface area contributed by atoms with E-state index in [0.29, 0.717) is 12.8 Å². The highest BCUT2D eigenvalue weighted by Crippen LogP contribution is 2.25. The molecule has 0 bridgehead atoms. The number of nitrogens with one attached hydrogen (secondary N) is 1. The molecule has 0 aromatic carbocycles. The van der Waals surface area contributed by atoms with Crippen molar-refractivity contribution in [3.05, 3.63) is 0 Å². The van der Waals surface area contributed by atoms with Crippen molar-refractivity contribution < 1.29 is 19.7 Å². The van der Waals surface area contributed by atoms with Crippen LogP contribution in [0.1, 0.15) is 33.6 Å². The number of aliphatic hydroxyl groups is 2. The molecule has 1 saturated carbocycles. The Morgan fingerprint density at radius 3 is 2.50 bits per heavy atom. The van der Waals surface area contributed by atoms with Crippen LogP contribution in [0, 0.1) is 5.92 Å². The summed E-state index contributed by atoms with van der Waals surface area (Å²) >= 11 is 0. The van der Waals surface area contributed by atoms with Crippen LogP contribution in [0.2, 0.25) is 0 Å². The zero-order valence-corrected chi connectivity index (χ0v) is 10.1. The molecule has 1 aliphatic rings. The Morgan fingerprint density at radius 2 is 2.06 bits per heavy atom. The van der Waals surface area contributed by atoms with E-state index in [4.69, 9.17) is 9.84 Å². The fourth-order valence-electron chi connectivity index (χ4n) is 1.89. The largest absolute Gasteiger partial charge is 0.444 e. The van der Waals surface area contributed by atoms with Crippen LogP contribution in [-0.2, 0) is 4.74 Å². The summed E-state index contributed by atoms with van der Waals surface area (Å²) < 4.78 is 5.11. The van der Waals surface area contributed by atoms with Crippen molar-refractivity contribution in [1.29, 1.82) is 0 Å². The zero-order valence-electron chi connectivity index (χ0n) is 10.1. The van der Waals surface area contributed by atoms with Gasteiger partial charge in [-0.1, -0.05) is 0 Å². The van der Waals surface area contributed by atoms with Gasteiger partial charge in [0.25, 0.3) is 0 Å². The van der Waals surface area contributed by atoms with Crippen molar-refractivity contribution in [2.24, 2.45) is 5.92 Å². The molecule has 3 N–H and O–H groups in total. The predicted octanol–water partition coefficient (Wildman–Crippen LogP) is 0.643. The molecule has 0 unspecified atom stereocenters. The normalized spacial score (nSPS) is 30.2. The number of ether oxygens (including phenoxy) is 1. The average Bonchev–Trinajstić information content (AvgIpc) is 2.42. The SMILES string of the molecule is CC(C)(C)OC(=O)N[C@H]1C[C@@H](CO)[C@H](O)C1. The van der Waals surface area contributed by atoms with Gasteiger partial charge < -0.3 is 20.3 Å². The molecule has 5 nitrogen and oxygen atoms in total. The molecule has 1 aliphatic carbocycles. The number of carbonyl (C=O) groups excluding carboxylic acids is 1. The second-order valence-corrected chi connectivity index (χ2v) is 5.32. The number of alkyl carbamates (subject to hydrolysis) is 1. The Bertz CT molecular complexity index is 249. The van der Waals surface area contributed by atoms with Gasteiger partial charge >= 0.3 is 6.09 Å². The van der Waals surface area contributed by atoms with E-state index >= 15 is 0 Å². The van der Waals surface area contributed by atoms with E-state index in [1.54, 1.807) is 20.8 Å². The van der Waals surface area contributed by atoms with Gasteiger partial charge in [-0.2, -0.15) is 0 Å². The second kappa shape index (κ2) is 5.01. The summed E-state index contributed by atoms with van der Waals surface area (Å²) in [7, 11) is 0. The fourth-order valence-corrected chi connectivity index (χ4v) is 1.89. The van der Waals surface area contributed by atoms with Crippen LogP contribution < -0.4 is 5.32 Å². The van der Waals surface area contributed by atoms with Crippen LogP contribution in [0.25, 0.3) is 0 Å². The van der Waals surface area contributed by atoms with Crippen molar-refractivity contribution in [2.45, 2.75) is 51.4 Å². The lowest BCUT2D eigenvalue weighted by Gasteiger charge is -2.21. The first-order valence-corrected chi connectivity index (χ1v) is 5.60. The molecule has 5 heteroatoms. The first-order chi connectivity index (χ1) is 7.31. The van der Waals surface area contributed by atoms with Gasteiger partial charge in [-0.05, 0) is 33.6 Å². The minimum absolute atomic E-state index is 0.0480. The van der Waals surface area contributed by atoms with E-state index < -0.39 is 17.8 Å². The molecule has 1 fully saturated rings. The van der Waals surface area contributed by atoms with Crippen molar-refractivity contribution in [2.75, 3.05) is 6.61 Å². The Morgan fingerprint density at radius 1 is 1.44 bits per heavy atom. The number of amides is 1. The van der Waals surface area contributed by atoms with Crippen LogP contribution in [-0.4, -0.2) is 40.7 Å². The topological polar surface area (TPSA) is 78.8 Å². The van der Waals surface area contributed by atoms with Crippen molar-refractivity contribution in [3.8, 4) is 0 Å². The summed E-state index contributed by atoms with van der Waals surface area (Å²) in [5, 5.41) is 21.2. The highest BCUT2D eigenvalue weighted by atomic mass is 16.6. The summed E-state index contributed by atoms with van der Waals surface area (Å²) in [5.41, 5.74) is -0.516. The monoisotopic (exact) mass is 231 g/mol. The van der Waals surface area contributed by atoms with Crippen molar-refractivity contribution in [3.63, 3.8) is 0 Å². The lowest BCUT2D eigenvalue weighted by atomic mass is 10.1. The van der Waals surface area contributed by atoms with E-state index in [1.807, 2.05) is 0 Å². The summed E-state index contributed by atoms with van der Waals surface area (Å²) in [6.45, 7) is 5.35. The summed E-state index contributed by atoms with van der Waals surface area (Å²) in [6, 6.07) is -0.109. The van der Waals surface area contributed by atoms with Crippen LogP contribution >= 0.6 is 0 Å². The average molecular weight is 231 g/mol. The third-order valence-corrected chi connectivity index (χ3v) is 2.61. The second-order valence-electron chi connectivity index (χ2n) is 5.32. The van der Waals surface area contributed by atoms with Gasteiger partial charge in [0.15, 0.2) is 0 Å². The Balaban J connectivity index is 2.36. The predicted molar refractivity (Wildman–Crippen MR) is 59.0 cm³/mol. The first-order valence-electron chi connectivity index (χ1n) is 5.60. The molecule has 0 aromatic heterocycles. The molecule has 0 spiro atoms. The first kappa shape index (κ1) is 13.3. The molecule has 0 aliphatic heterocycles. The van der Waals surface area contributed by atoms with Crippen LogP contribution in [0.15, 0.2) is 0 Å². The maximum absolute atomic E-state index is 11.4. The van der Waals surface area contributed by atoms with Crippen molar-refractivity contribution in [1.82, 2.24) is 5.32 Å². The highest BCUT2D eigenvalue weighted by molar-refractivity contribution is 5.68. The minimum atomic E-state index is -0.537. The molecular formula is C11H21NO4. The third kappa shape index (κ3) is 3.98. The van der Waals surface area contributed by atoms with Crippen LogP contribution in [0.3, 0.4) is 0 Å². The molecule has 1 amide bonds.